The number of nitrogens with one attached hydrogen (secondary N) is 1. The van der Waals surface area contributed by atoms with Gasteiger partial charge in [-0.25, -0.2) is 16.8 Å². The summed E-state index contributed by atoms with van der Waals surface area (Å²) in [5.41, 5.74) is -0.841. The average Bonchev–Trinajstić information content (AvgIpc) is 2.69. The molecule has 0 spiro atoms. The van der Waals surface area contributed by atoms with Crippen molar-refractivity contribution in [3.8, 4) is 0 Å². The third kappa shape index (κ3) is 5.16. The van der Waals surface area contributed by atoms with Crippen LogP contribution in [0.1, 0.15) is 30.4 Å². The Morgan fingerprint density at radius 2 is 1.61 bits per heavy atom. The lowest BCUT2D eigenvalue weighted by atomic mass is 10.2. The van der Waals surface area contributed by atoms with E-state index in [1.807, 2.05) is 0 Å². The largest absolute Gasteiger partial charge is 0.416 e. The summed E-state index contributed by atoms with van der Waals surface area (Å²) in [5.74, 6) is 0. The zero-order chi connectivity index (χ0) is 23.0. The van der Waals surface area contributed by atoms with Crippen LogP contribution in [0.25, 0.3) is 0 Å². The Kier molecular flexibility index (Phi) is 6.62. The predicted octanol–water partition coefficient (Wildman–Crippen LogP) is 4.64. The third-order valence-electron chi connectivity index (χ3n) is 4.95. The summed E-state index contributed by atoms with van der Waals surface area (Å²) in [6, 6.07) is 5.94. The normalized spacial score (nSPS) is 16.3. The Labute approximate surface area is 184 Å². The summed E-state index contributed by atoms with van der Waals surface area (Å²) < 4.78 is 93.9. The predicted molar refractivity (Wildman–Crippen MR) is 111 cm³/mol. The highest BCUT2D eigenvalue weighted by Gasteiger charge is 2.33. The monoisotopic (exact) mass is 496 g/mol. The summed E-state index contributed by atoms with van der Waals surface area (Å²) in [7, 11) is -8.36. The number of nitrogens with zero attached hydrogens (tertiary/aromatic N) is 1. The molecule has 0 amide bonds. The van der Waals surface area contributed by atoms with Crippen molar-refractivity contribution in [2.24, 2.45) is 0 Å². The number of alkyl halides is 3. The summed E-state index contributed by atoms with van der Waals surface area (Å²) in [4.78, 5) is -0.861. The summed E-state index contributed by atoms with van der Waals surface area (Å²) in [6.07, 6.45) is -2.35. The molecule has 1 heterocycles. The molecule has 12 heteroatoms. The SMILES string of the molecule is Cc1ccc(S(=O)(=O)N2CCCCC2)cc1NS(=O)(=O)c1cc(C(F)(F)F)ccc1Cl. The van der Waals surface area contributed by atoms with Crippen molar-refractivity contribution in [1.82, 2.24) is 4.31 Å². The van der Waals surface area contributed by atoms with Gasteiger partial charge in [-0.15, -0.1) is 0 Å². The van der Waals surface area contributed by atoms with Gasteiger partial charge in [0.15, 0.2) is 0 Å². The molecule has 1 aliphatic rings. The quantitative estimate of drug-likeness (QED) is 0.653. The van der Waals surface area contributed by atoms with Crippen LogP contribution in [0.3, 0.4) is 0 Å². The maximum absolute atomic E-state index is 13.0. The number of piperidine rings is 1. The fourth-order valence-corrected chi connectivity index (χ4v) is 6.40. The van der Waals surface area contributed by atoms with Crippen LogP contribution in [0.15, 0.2) is 46.2 Å². The molecule has 1 fully saturated rings. The Balaban J connectivity index is 1.98. The van der Waals surface area contributed by atoms with Crippen LogP contribution in [0.4, 0.5) is 18.9 Å². The molecular formula is C19H20ClF3N2O4S2. The van der Waals surface area contributed by atoms with Crippen molar-refractivity contribution in [3.05, 3.63) is 52.5 Å². The topological polar surface area (TPSA) is 83.6 Å². The van der Waals surface area contributed by atoms with Gasteiger partial charge in [-0.3, -0.25) is 4.72 Å². The molecule has 0 radical (unpaired) electrons. The number of aryl methyl sites for hydroxylation is 1. The molecule has 6 nitrogen and oxygen atoms in total. The number of benzene rings is 2. The minimum absolute atomic E-state index is 0.0634. The molecule has 0 atom stereocenters. The third-order valence-corrected chi connectivity index (χ3v) is 8.70. The van der Waals surface area contributed by atoms with Gasteiger partial charge in [0.2, 0.25) is 10.0 Å². The highest BCUT2D eigenvalue weighted by molar-refractivity contribution is 7.93. The number of anilines is 1. The van der Waals surface area contributed by atoms with Crippen LogP contribution in [0.5, 0.6) is 0 Å². The van der Waals surface area contributed by atoms with Gasteiger partial charge in [0.25, 0.3) is 10.0 Å². The fraction of sp³-hybridized carbons (Fsp3) is 0.368. The van der Waals surface area contributed by atoms with Gasteiger partial charge in [-0.2, -0.15) is 17.5 Å². The molecule has 2 aromatic carbocycles. The van der Waals surface area contributed by atoms with Gasteiger partial charge in [0.05, 0.1) is 21.2 Å². The van der Waals surface area contributed by atoms with Crippen LogP contribution in [0.2, 0.25) is 5.02 Å². The molecule has 0 aliphatic carbocycles. The van der Waals surface area contributed by atoms with Gasteiger partial charge in [0.1, 0.15) is 4.90 Å². The summed E-state index contributed by atoms with van der Waals surface area (Å²) in [6.45, 7) is 2.29. The van der Waals surface area contributed by atoms with E-state index in [-0.39, 0.29) is 10.6 Å². The van der Waals surface area contributed by atoms with Crippen LogP contribution >= 0.6 is 11.6 Å². The maximum atomic E-state index is 13.0. The number of hydrogen-bond donors (Lipinski definition) is 1. The Bertz CT molecular complexity index is 1190. The Morgan fingerprint density at radius 1 is 0.968 bits per heavy atom. The van der Waals surface area contributed by atoms with Crippen molar-refractivity contribution in [2.75, 3.05) is 17.8 Å². The number of rotatable bonds is 5. The molecule has 1 aliphatic heterocycles. The summed E-state index contributed by atoms with van der Waals surface area (Å²) in [5, 5.41) is -0.393. The molecule has 2 aromatic rings. The van der Waals surface area contributed by atoms with E-state index in [0.29, 0.717) is 30.8 Å². The Morgan fingerprint density at radius 3 is 2.23 bits per heavy atom. The molecule has 31 heavy (non-hydrogen) atoms. The van der Waals surface area contributed by atoms with Crippen LogP contribution in [-0.4, -0.2) is 34.2 Å². The van der Waals surface area contributed by atoms with E-state index in [2.05, 4.69) is 4.72 Å². The van der Waals surface area contributed by atoms with Crippen molar-refractivity contribution >= 4 is 37.3 Å². The van der Waals surface area contributed by atoms with Gasteiger partial charge < -0.3 is 0 Å². The van der Waals surface area contributed by atoms with Gasteiger partial charge in [0, 0.05) is 13.1 Å². The van der Waals surface area contributed by atoms with E-state index in [4.69, 9.17) is 11.6 Å². The minimum atomic E-state index is -4.76. The standard InChI is InChI=1S/C19H20ClF3N2O4S2/c1-13-5-7-15(31(28,29)25-9-3-2-4-10-25)12-17(13)24-30(26,27)18-11-14(19(21,22)23)6-8-16(18)20/h5-8,11-12,24H,2-4,9-10H2,1H3. The van der Waals surface area contributed by atoms with Gasteiger partial charge in [-0.1, -0.05) is 24.1 Å². The van der Waals surface area contributed by atoms with Crippen molar-refractivity contribution in [2.45, 2.75) is 42.2 Å². The van der Waals surface area contributed by atoms with E-state index in [1.165, 1.54) is 22.5 Å². The first-order valence-corrected chi connectivity index (χ1v) is 12.6. The molecule has 0 aromatic heterocycles. The lowest BCUT2D eigenvalue weighted by Gasteiger charge is -2.26. The molecule has 1 saturated heterocycles. The van der Waals surface area contributed by atoms with Crippen LogP contribution in [0, 0.1) is 6.92 Å². The van der Waals surface area contributed by atoms with Crippen molar-refractivity contribution in [1.29, 1.82) is 0 Å². The smallest absolute Gasteiger partial charge is 0.279 e. The number of sulfonamides is 2. The fourth-order valence-electron chi connectivity index (χ4n) is 3.21. The zero-order valence-electron chi connectivity index (χ0n) is 16.4. The van der Waals surface area contributed by atoms with E-state index in [1.54, 1.807) is 6.92 Å². The molecule has 0 unspecified atom stereocenters. The lowest BCUT2D eigenvalue weighted by Crippen LogP contribution is -2.35. The van der Waals surface area contributed by atoms with Crippen LogP contribution in [-0.2, 0) is 26.2 Å². The first-order valence-electron chi connectivity index (χ1n) is 9.33. The van der Waals surface area contributed by atoms with Crippen LogP contribution < -0.4 is 4.72 Å². The van der Waals surface area contributed by atoms with E-state index in [9.17, 15) is 30.0 Å². The highest BCUT2D eigenvalue weighted by Crippen LogP contribution is 2.34. The average molecular weight is 497 g/mol. The number of hydrogen-bond acceptors (Lipinski definition) is 4. The number of halogens is 4. The first-order chi connectivity index (χ1) is 14.3. The van der Waals surface area contributed by atoms with E-state index in [0.717, 1.165) is 25.3 Å². The molecule has 0 bridgehead atoms. The first kappa shape index (κ1) is 23.8. The van der Waals surface area contributed by atoms with E-state index >= 15 is 0 Å². The molecule has 170 valence electrons. The molecule has 1 N–H and O–H groups in total. The highest BCUT2D eigenvalue weighted by atomic mass is 35.5. The molecule has 3 rings (SSSR count). The second kappa shape index (κ2) is 8.61. The lowest BCUT2D eigenvalue weighted by molar-refractivity contribution is -0.137. The zero-order valence-corrected chi connectivity index (χ0v) is 18.8. The van der Waals surface area contributed by atoms with Gasteiger partial charge >= 0.3 is 6.18 Å². The Hall–Kier alpha value is -1.82. The second-order valence-electron chi connectivity index (χ2n) is 7.19. The van der Waals surface area contributed by atoms with Crippen molar-refractivity contribution in [3.63, 3.8) is 0 Å². The maximum Gasteiger partial charge on any atom is 0.416 e. The molecule has 0 saturated carbocycles. The minimum Gasteiger partial charge on any atom is -0.279 e. The van der Waals surface area contributed by atoms with Gasteiger partial charge in [-0.05, 0) is 55.7 Å². The summed E-state index contributed by atoms with van der Waals surface area (Å²) >= 11 is 5.85. The van der Waals surface area contributed by atoms with E-state index < -0.39 is 41.7 Å². The molecular weight excluding hydrogens is 477 g/mol. The second-order valence-corrected chi connectivity index (χ2v) is 11.2. The van der Waals surface area contributed by atoms with Crippen molar-refractivity contribution < 1.29 is 30.0 Å².